The molecule has 0 bridgehead atoms. The summed E-state index contributed by atoms with van der Waals surface area (Å²) in [5, 5.41) is 3.29. The van der Waals surface area contributed by atoms with Gasteiger partial charge >= 0.3 is 0 Å². The molecule has 0 spiro atoms. The lowest BCUT2D eigenvalue weighted by molar-refractivity contribution is -0.125. The second kappa shape index (κ2) is 8.33. The maximum atomic E-state index is 12.8. The van der Waals surface area contributed by atoms with Crippen LogP contribution >= 0.6 is 0 Å². The first kappa shape index (κ1) is 17.7. The molecule has 3 aliphatic rings. The predicted molar refractivity (Wildman–Crippen MR) is 102 cm³/mol. The van der Waals surface area contributed by atoms with E-state index in [4.69, 9.17) is 0 Å². The van der Waals surface area contributed by atoms with Crippen LogP contribution in [0.1, 0.15) is 44.9 Å². The third kappa shape index (κ3) is 4.00. The minimum absolute atomic E-state index is 0.0543. The third-order valence-electron chi connectivity index (χ3n) is 6.39. The first-order valence-electron chi connectivity index (χ1n) is 10.3. The number of carbonyl (C=O) groups excluding carboxylic acids is 1. The normalized spacial score (nSPS) is 29.8. The standard InChI is InChI=1S/C20H31N5O/c26-19(17-7-4-13-25(15-17)20-21-9-5-10-22-20)23-14-16-6-3-12-24-11-2-1-8-18(16)24/h5,9-10,16-18H,1-4,6-8,11-15H2,(H,23,26)/t16-,17-,18-/m0/s1. The molecule has 6 nitrogen and oxygen atoms in total. The summed E-state index contributed by atoms with van der Waals surface area (Å²) in [6, 6.07) is 2.52. The second-order valence-electron chi connectivity index (χ2n) is 8.08. The Morgan fingerprint density at radius 2 is 1.85 bits per heavy atom. The predicted octanol–water partition coefficient (Wildman–Crippen LogP) is 2.07. The zero-order valence-electron chi connectivity index (χ0n) is 15.6. The first-order chi connectivity index (χ1) is 12.8. The number of hydrogen-bond acceptors (Lipinski definition) is 5. The van der Waals surface area contributed by atoms with Gasteiger partial charge in [0.1, 0.15) is 0 Å². The molecule has 0 aromatic carbocycles. The summed E-state index contributed by atoms with van der Waals surface area (Å²) in [6.07, 6.45) is 12.1. The van der Waals surface area contributed by atoms with Crippen LogP contribution in [-0.4, -0.2) is 59.5 Å². The van der Waals surface area contributed by atoms with Crippen LogP contribution in [-0.2, 0) is 4.79 Å². The summed E-state index contributed by atoms with van der Waals surface area (Å²) < 4.78 is 0. The summed E-state index contributed by atoms with van der Waals surface area (Å²) >= 11 is 0. The van der Waals surface area contributed by atoms with Crippen molar-refractivity contribution in [1.82, 2.24) is 20.2 Å². The van der Waals surface area contributed by atoms with Crippen molar-refractivity contribution in [2.45, 2.75) is 51.0 Å². The highest BCUT2D eigenvalue weighted by molar-refractivity contribution is 5.79. The summed E-state index contributed by atoms with van der Waals surface area (Å²) in [6.45, 7) is 5.02. The number of rotatable bonds is 4. The smallest absolute Gasteiger partial charge is 0.225 e. The molecule has 6 heteroatoms. The van der Waals surface area contributed by atoms with Crippen molar-refractivity contribution in [3.63, 3.8) is 0 Å². The molecule has 1 aromatic rings. The van der Waals surface area contributed by atoms with Gasteiger partial charge in [0.05, 0.1) is 5.92 Å². The maximum absolute atomic E-state index is 12.8. The Morgan fingerprint density at radius 1 is 1.04 bits per heavy atom. The van der Waals surface area contributed by atoms with Crippen LogP contribution in [0.25, 0.3) is 0 Å². The van der Waals surface area contributed by atoms with Crippen LogP contribution in [0.2, 0.25) is 0 Å². The van der Waals surface area contributed by atoms with E-state index >= 15 is 0 Å². The fraction of sp³-hybridized carbons (Fsp3) is 0.750. The molecule has 26 heavy (non-hydrogen) atoms. The lowest BCUT2D eigenvalue weighted by Crippen LogP contribution is -2.52. The number of aromatic nitrogens is 2. The fourth-order valence-electron chi connectivity index (χ4n) is 5.02. The van der Waals surface area contributed by atoms with Crippen molar-refractivity contribution < 1.29 is 4.79 Å². The minimum Gasteiger partial charge on any atom is -0.355 e. The molecule has 1 amide bonds. The molecule has 142 valence electrons. The number of carbonyl (C=O) groups is 1. The van der Waals surface area contributed by atoms with Gasteiger partial charge in [0.15, 0.2) is 0 Å². The number of piperidine rings is 3. The summed E-state index contributed by atoms with van der Waals surface area (Å²) in [7, 11) is 0. The molecule has 0 saturated carbocycles. The molecular weight excluding hydrogens is 326 g/mol. The van der Waals surface area contributed by atoms with E-state index in [0.29, 0.717) is 12.0 Å². The van der Waals surface area contributed by atoms with Gasteiger partial charge in [-0.3, -0.25) is 4.79 Å². The van der Waals surface area contributed by atoms with Gasteiger partial charge in [-0.1, -0.05) is 6.42 Å². The van der Waals surface area contributed by atoms with E-state index in [2.05, 4.69) is 25.1 Å². The van der Waals surface area contributed by atoms with Crippen molar-refractivity contribution in [2.24, 2.45) is 11.8 Å². The van der Waals surface area contributed by atoms with Crippen molar-refractivity contribution in [3.8, 4) is 0 Å². The van der Waals surface area contributed by atoms with Gasteiger partial charge < -0.3 is 15.1 Å². The molecule has 4 heterocycles. The van der Waals surface area contributed by atoms with E-state index in [9.17, 15) is 4.79 Å². The average molecular weight is 358 g/mol. The largest absolute Gasteiger partial charge is 0.355 e. The van der Waals surface area contributed by atoms with Crippen LogP contribution in [0.5, 0.6) is 0 Å². The molecule has 3 aliphatic heterocycles. The molecule has 3 fully saturated rings. The van der Waals surface area contributed by atoms with Crippen molar-refractivity contribution in [3.05, 3.63) is 18.5 Å². The molecule has 0 radical (unpaired) electrons. The van der Waals surface area contributed by atoms with Gasteiger partial charge in [-0.15, -0.1) is 0 Å². The summed E-state index contributed by atoms with van der Waals surface area (Å²) in [5.41, 5.74) is 0. The molecule has 4 rings (SSSR count). The molecule has 1 N–H and O–H groups in total. The van der Waals surface area contributed by atoms with Crippen LogP contribution in [0.3, 0.4) is 0 Å². The number of amides is 1. The van der Waals surface area contributed by atoms with Gasteiger partial charge in [-0.05, 0) is 63.6 Å². The van der Waals surface area contributed by atoms with Gasteiger partial charge in [0.2, 0.25) is 11.9 Å². The maximum Gasteiger partial charge on any atom is 0.225 e. The van der Waals surface area contributed by atoms with Crippen LogP contribution in [0.4, 0.5) is 5.95 Å². The van der Waals surface area contributed by atoms with E-state index < -0.39 is 0 Å². The van der Waals surface area contributed by atoms with Crippen molar-refractivity contribution >= 4 is 11.9 Å². The van der Waals surface area contributed by atoms with Gasteiger partial charge in [0.25, 0.3) is 0 Å². The minimum atomic E-state index is 0.0543. The number of nitrogens with one attached hydrogen (secondary N) is 1. The molecule has 3 atom stereocenters. The quantitative estimate of drug-likeness (QED) is 0.894. The highest BCUT2D eigenvalue weighted by atomic mass is 16.1. The Hall–Kier alpha value is -1.69. The first-order valence-corrected chi connectivity index (χ1v) is 10.3. The third-order valence-corrected chi connectivity index (χ3v) is 6.39. The highest BCUT2D eigenvalue weighted by Crippen LogP contribution is 2.30. The van der Waals surface area contributed by atoms with E-state index in [1.165, 1.54) is 45.2 Å². The second-order valence-corrected chi connectivity index (χ2v) is 8.08. The van der Waals surface area contributed by atoms with Crippen molar-refractivity contribution in [1.29, 1.82) is 0 Å². The molecule has 3 saturated heterocycles. The van der Waals surface area contributed by atoms with Crippen LogP contribution in [0, 0.1) is 11.8 Å². The van der Waals surface area contributed by atoms with Gasteiger partial charge in [-0.25, -0.2) is 9.97 Å². The fourth-order valence-corrected chi connectivity index (χ4v) is 5.02. The Kier molecular flexibility index (Phi) is 5.68. The highest BCUT2D eigenvalue weighted by Gasteiger charge is 2.34. The van der Waals surface area contributed by atoms with Gasteiger partial charge in [0, 0.05) is 38.1 Å². The Bertz CT molecular complexity index is 593. The number of nitrogens with zero attached hydrogens (tertiary/aromatic N) is 4. The molecule has 0 aliphatic carbocycles. The lowest BCUT2D eigenvalue weighted by Gasteiger charge is -2.44. The number of hydrogen-bond donors (Lipinski definition) is 1. The van der Waals surface area contributed by atoms with E-state index in [0.717, 1.165) is 38.4 Å². The molecule has 1 aromatic heterocycles. The summed E-state index contributed by atoms with van der Waals surface area (Å²) in [5.74, 6) is 1.65. The van der Waals surface area contributed by atoms with Crippen LogP contribution < -0.4 is 10.2 Å². The Labute approximate surface area is 156 Å². The van der Waals surface area contributed by atoms with E-state index in [1.54, 1.807) is 12.4 Å². The average Bonchev–Trinajstić information content (AvgIpc) is 2.72. The lowest BCUT2D eigenvalue weighted by atomic mass is 9.83. The SMILES string of the molecule is O=C(NC[C@@H]1CCCN2CCCC[C@@H]12)[C@H]1CCCN(c2ncccn2)C1. The number of fused-ring (bicyclic) bond motifs is 1. The molecular formula is C20H31N5O. The number of anilines is 1. The van der Waals surface area contributed by atoms with Gasteiger partial charge in [-0.2, -0.15) is 0 Å². The zero-order valence-corrected chi connectivity index (χ0v) is 15.6. The summed E-state index contributed by atoms with van der Waals surface area (Å²) in [4.78, 5) is 26.3. The topological polar surface area (TPSA) is 61.4 Å². The monoisotopic (exact) mass is 357 g/mol. The van der Waals surface area contributed by atoms with Crippen molar-refractivity contribution in [2.75, 3.05) is 37.6 Å². The zero-order chi connectivity index (χ0) is 17.8. The van der Waals surface area contributed by atoms with E-state index in [1.807, 2.05) is 6.07 Å². The Morgan fingerprint density at radius 3 is 2.73 bits per heavy atom. The Balaban J connectivity index is 1.30. The van der Waals surface area contributed by atoms with Crippen LogP contribution in [0.15, 0.2) is 18.5 Å². The van der Waals surface area contributed by atoms with E-state index in [-0.39, 0.29) is 11.8 Å². The molecule has 0 unspecified atom stereocenters.